The number of esters is 3. The Kier molecular flexibility index (Phi) is 42.5. The monoisotopic (exact) mass is 1560 g/mol. The molecule has 18 nitrogen and oxygen atoms in total. The molecule has 2 N–H and O–H groups in total. The zero-order valence-electron chi connectivity index (χ0n) is 64.0. The fourth-order valence-electron chi connectivity index (χ4n) is 11.9. The molecule has 6 rings (SSSR count). The van der Waals surface area contributed by atoms with E-state index in [4.69, 9.17) is 28.4 Å². The number of nitrogens with zero attached hydrogens (tertiary/aromatic N) is 4. The first kappa shape index (κ1) is 91.9. The van der Waals surface area contributed by atoms with Crippen molar-refractivity contribution in [1.29, 1.82) is 0 Å². The third-order valence-corrected chi connectivity index (χ3v) is 16.8. The van der Waals surface area contributed by atoms with Crippen LogP contribution in [0.1, 0.15) is 196 Å². The van der Waals surface area contributed by atoms with Gasteiger partial charge in [0.25, 0.3) is 0 Å². The molecule has 3 amide bonds. The Labute approximate surface area is 630 Å². The number of carbonyl (C=O) groups is 6. The van der Waals surface area contributed by atoms with Gasteiger partial charge in [-0.3, -0.25) is 24.1 Å². The zero-order valence-corrected chi connectivity index (χ0v) is 67.2. The molecule has 0 heterocycles. The molecule has 0 radical (unpaired) electrons. The summed E-state index contributed by atoms with van der Waals surface area (Å²) in [6, 6.07) is 42.7. The van der Waals surface area contributed by atoms with Crippen molar-refractivity contribution in [2.75, 3.05) is 42.1 Å². The van der Waals surface area contributed by atoms with Gasteiger partial charge < -0.3 is 53.3 Å². The first-order valence-corrected chi connectivity index (χ1v) is 35.1. The fraction of sp³-hybridized carbons (Fsp3) is 0.439. The number of phenolic OH excluding ortho intramolecular Hbond substituents is 1. The van der Waals surface area contributed by atoms with Crippen LogP contribution in [0.25, 0.3) is 6.08 Å². The number of hydrogen-bond donors (Lipinski definition) is 2. The molecule has 0 aliphatic carbocycles. The number of methoxy groups -OCH3 is 5. The zero-order chi connectivity index (χ0) is 76.4. The van der Waals surface area contributed by atoms with E-state index in [1.165, 1.54) is 38.9 Å². The molecule has 6 aromatic rings. The minimum Gasteiger partial charge on any atom is -0.508 e. The van der Waals surface area contributed by atoms with Gasteiger partial charge in [-0.05, 0) is 235 Å². The SMILES string of the molecule is C=CC(=O)N(C(C)C)C(C)C.CC(C)N(CCC(c1ccccc1)c1cc(CO)ccc1O)C(C)C.COC(=O)c1ccc(OC)c(/C=C/C(=O)N(C(C)C)C(C)C)c1.COC(=O)c1ccc(OC)c(C(CC(=O)N(C(C)C)C(C)C)c2ccccc2)c1.COc1ccc(OC(C)=O)cc1Br.[Pd]. The van der Waals surface area contributed by atoms with Crippen LogP contribution < -0.4 is 18.9 Å². The van der Waals surface area contributed by atoms with Crippen LogP contribution in [0.2, 0.25) is 0 Å². The maximum Gasteiger partial charge on any atom is 0.337 e. The summed E-state index contributed by atoms with van der Waals surface area (Å²) < 4.78 is 31.1. The van der Waals surface area contributed by atoms with Crippen LogP contribution in [-0.2, 0) is 55.7 Å². The second-order valence-electron chi connectivity index (χ2n) is 26.1. The molecule has 2 unspecified atom stereocenters. The van der Waals surface area contributed by atoms with Crippen molar-refractivity contribution in [1.82, 2.24) is 19.6 Å². The fourth-order valence-corrected chi connectivity index (χ4v) is 12.4. The van der Waals surface area contributed by atoms with Gasteiger partial charge in [-0.2, -0.15) is 0 Å². The maximum absolute atomic E-state index is 13.3. The van der Waals surface area contributed by atoms with E-state index < -0.39 is 11.9 Å². The molecule has 0 bridgehead atoms. The summed E-state index contributed by atoms with van der Waals surface area (Å²) in [5.41, 5.74) is 6.20. The molecule has 0 spiro atoms. The van der Waals surface area contributed by atoms with Crippen LogP contribution >= 0.6 is 15.9 Å². The Balaban J connectivity index is 0.000000661. The Morgan fingerprint density at radius 1 is 0.510 bits per heavy atom. The predicted molar refractivity (Wildman–Crippen MR) is 408 cm³/mol. The van der Waals surface area contributed by atoms with Crippen molar-refractivity contribution in [2.24, 2.45) is 0 Å². The molecule has 0 aromatic heterocycles. The number of aliphatic hydroxyl groups excluding tert-OH is 1. The van der Waals surface area contributed by atoms with Crippen LogP contribution in [0, 0.1) is 0 Å². The van der Waals surface area contributed by atoms with Gasteiger partial charge in [-0.1, -0.05) is 73.3 Å². The van der Waals surface area contributed by atoms with Gasteiger partial charge in [0.1, 0.15) is 28.7 Å². The molecule has 2 atom stereocenters. The third kappa shape index (κ3) is 29.7. The molecule has 0 saturated carbocycles. The van der Waals surface area contributed by atoms with Crippen LogP contribution in [0.5, 0.6) is 28.7 Å². The molecular formula is C82H113BrN4O14Pd. The van der Waals surface area contributed by atoms with Gasteiger partial charge in [-0.15, -0.1) is 0 Å². The topological polar surface area (TPSA) is 211 Å². The summed E-state index contributed by atoms with van der Waals surface area (Å²) in [6.07, 6.45) is 5.72. The molecule has 102 heavy (non-hydrogen) atoms. The van der Waals surface area contributed by atoms with E-state index in [0.717, 1.165) is 39.7 Å². The van der Waals surface area contributed by atoms with Gasteiger partial charge in [0, 0.05) is 117 Å². The number of amides is 3. The van der Waals surface area contributed by atoms with Crippen molar-refractivity contribution in [2.45, 2.75) is 197 Å². The minimum atomic E-state index is -0.431. The summed E-state index contributed by atoms with van der Waals surface area (Å²) >= 11 is 3.28. The van der Waals surface area contributed by atoms with Gasteiger partial charge >= 0.3 is 17.9 Å². The third-order valence-electron chi connectivity index (χ3n) is 16.2. The maximum atomic E-state index is 13.3. The van der Waals surface area contributed by atoms with E-state index >= 15 is 0 Å². The Bertz CT molecular complexity index is 3550. The van der Waals surface area contributed by atoms with E-state index in [0.29, 0.717) is 57.5 Å². The van der Waals surface area contributed by atoms with Gasteiger partial charge in [0.2, 0.25) is 17.7 Å². The molecule has 0 aliphatic rings. The van der Waals surface area contributed by atoms with Crippen molar-refractivity contribution in [3.05, 3.63) is 201 Å². The van der Waals surface area contributed by atoms with Crippen molar-refractivity contribution in [3.63, 3.8) is 0 Å². The van der Waals surface area contributed by atoms with E-state index in [1.807, 2.05) is 143 Å². The summed E-state index contributed by atoms with van der Waals surface area (Å²) in [5, 5.41) is 19.9. The first-order valence-electron chi connectivity index (χ1n) is 34.3. The van der Waals surface area contributed by atoms with Crippen LogP contribution in [0.15, 0.2) is 157 Å². The number of phenols is 1. The largest absolute Gasteiger partial charge is 0.508 e. The molecule has 562 valence electrons. The predicted octanol–water partition coefficient (Wildman–Crippen LogP) is 16.5. The van der Waals surface area contributed by atoms with E-state index in [1.54, 1.807) is 104 Å². The molecule has 0 fully saturated rings. The second-order valence-corrected chi connectivity index (χ2v) is 26.9. The Morgan fingerprint density at radius 3 is 1.37 bits per heavy atom. The van der Waals surface area contributed by atoms with Gasteiger partial charge in [0.05, 0.1) is 57.8 Å². The normalized spacial score (nSPS) is 11.4. The Morgan fingerprint density at radius 2 is 0.961 bits per heavy atom. The molecule has 6 aromatic carbocycles. The molecular weight excluding hydrogens is 1450 g/mol. The summed E-state index contributed by atoms with van der Waals surface area (Å²) in [5.74, 6) is 1.39. The summed E-state index contributed by atoms with van der Waals surface area (Å²) in [7, 11) is 7.39. The number of halogens is 1. The summed E-state index contributed by atoms with van der Waals surface area (Å²) in [6.45, 7) is 38.6. The number of hydrogen-bond acceptors (Lipinski definition) is 15. The molecule has 20 heteroatoms. The number of aliphatic hydroxyl groups is 1. The van der Waals surface area contributed by atoms with E-state index in [-0.39, 0.29) is 105 Å². The Hall–Kier alpha value is -8.12. The first-order chi connectivity index (χ1) is 47.7. The van der Waals surface area contributed by atoms with Gasteiger partial charge in [-0.25, -0.2) is 9.59 Å². The number of rotatable bonds is 27. The van der Waals surface area contributed by atoms with E-state index in [2.05, 4.69) is 67.2 Å². The number of ether oxygens (including phenoxy) is 6. The summed E-state index contributed by atoms with van der Waals surface area (Å²) in [4.78, 5) is 79.1. The van der Waals surface area contributed by atoms with Crippen LogP contribution in [0.3, 0.4) is 0 Å². The quantitative estimate of drug-likeness (QED) is 0.0213. The number of aromatic hydroxyl groups is 1. The van der Waals surface area contributed by atoms with E-state index in [9.17, 15) is 39.0 Å². The smallest absolute Gasteiger partial charge is 0.337 e. The van der Waals surface area contributed by atoms with Crippen molar-refractivity contribution in [3.8, 4) is 28.7 Å². The number of benzene rings is 6. The van der Waals surface area contributed by atoms with Crippen LogP contribution in [-0.4, -0.2) is 156 Å². The standard InChI is InChI=1S/C24H31NO4.C22H31NO2.C18H25NO4.C9H9BrO3.C9H17NO.Pd/c1-16(2)25(17(3)4)23(26)15-20(18-10-8-7-9-11-18)21-14-19(24(27)29-6)12-13-22(21)28-5;1-16(2)23(17(3)4)13-12-20(19-8-6-5-7-9-19)21-14-18(15-24)10-11-22(21)25;1-12(2)19(13(3)4)17(20)10-8-14-11-15(18(21)23-6)7-9-16(14)22-5;1-6(11)13-7-3-4-9(12-2)8(10)5-7;1-6-9(11)10(7(2)3)8(4)5;/h7-14,16-17,20H,15H2,1-6H3;5-11,14,16-17,20,24-25H,12-13,15H2,1-4H3;7-13H,1-6H3;3-5H,1-2H3;6-8H,1H2,2-5H3;/b;;10-8+;;;. The average Bonchev–Trinajstić information content (AvgIpc) is 0.810. The average molecular weight is 1570 g/mol. The second kappa shape index (κ2) is 47.2. The van der Waals surface area contributed by atoms with Gasteiger partial charge in [0.15, 0.2) is 0 Å². The minimum absolute atomic E-state index is 0. The number of carbonyl (C=O) groups excluding carboxylic acids is 6. The van der Waals surface area contributed by atoms with Crippen LogP contribution in [0.4, 0.5) is 0 Å². The molecule has 0 aliphatic heterocycles. The van der Waals surface area contributed by atoms with Crippen molar-refractivity contribution >= 4 is 57.6 Å². The van der Waals surface area contributed by atoms with Crippen molar-refractivity contribution < 1.29 is 87.8 Å². The molecule has 0 saturated heterocycles.